The topological polar surface area (TPSA) is 90.0 Å². The number of ketones is 1. The van der Waals surface area contributed by atoms with Gasteiger partial charge in [-0.3, -0.25) is 19.3 Å². The molecule has 1 aliphatic heterocycles. The summed E-state index contributed by atoms with van der Waals surface area (Å²) in [6, 6.07) is 19.4. The average molecular weight is 472 g/mol. The van der Waals surface area contributed by atoms with E-state index in [4.69, 9.17) is 9.47 Å². The number of ether oxygens (including phenoxy) is 2. The van der Waals surface area contributed by atoms with Crippen LogP contribution in [-0.4, -0.2) is 41.1 Å². The Labute approximate surface area is 203 Å². The van der Waals surface area contributed by atoms with Crippen LogP contribution in [0.3, 0.4) is 0 Å². The Morgan fingerprint density at radius 2 is 1.51 bits per heavy atom. The Morgan fingerprint density at radius 3 is 2.11 bits per heavy atom. The molecule has 1 heterocycles. The zero-order chi connectivity index (χ0) is 24.9. The molecule has 0 aliphatic carbocycles. The van der Waals surface area contributed by atoms with E-state index in [1.54, 1.807) is 42.5 Å². The Balaban J connectivity index is 1.62. The normalized spacial score (nSPS) is 13.4. The first kappa shape index (κ1) is 23.9. The second-order valence-electron chi connectivity index (χ2n) is 8.15. The fourth-order valence-electron chi connectivity index (χ4n) is 4.06. The summed E-state index contributed by atoms with van der Waals surface area (Å²) in [5.41, 5.74) is 2.28. The summed E-state index contributed by atoms with van der Waals surface area (Å²) >= 11 is 0. The molecular weight excluding hydrogens is 446 g/mol. The first-order valence-corrected chi connectivity index (χ1v) is 11.3. The van der Waals surface area contributed by atoms with Crippen molar-refractivity contribution in [3.63, 3.8) is 0 Å². The van der Waals surface area contributed by atoms with Crippen molar-refractivity contribution >= 4 is 23.6 Å². The predicted molar refractivity (Wildman–Crippen MR) is 128 cm³/mol. The van der Waals surface area contributed by atoms with Crippen molar-refractivity contribution in [3.8, 4) is 5.75 Å². The van der Waals surface area contributed by atoms with Crippen LogP contribution in [-0.2, 0) is 22.6 Å². The van der Waals surface area contributed by atoms with Gasteiger partial charge in [-0.1, -0.05) is 42.5 Å². The number of nitrogens with zero attached hydrogens (tertiary/aromatic N) is 1. The van der Waals surface area contributed by atoms with E-state index in [9.17, 15) is 19.2 Å². The van der Waals surface area contributed by atoms with Crippen molar-refractivity contribution in [1.82, 2.24) is 4.90 Å². The van der Waals surface area contributed by atoms with Gasteiger partial charge in [-0.15, -0.1) is 0 Å². The van der Waals surface area contributed by atoms with Gasteiger partial charge in [0.15, 0.2) is 5.78 Å². The number of carbonyl (C=O) groups excluding carboxylic acids is 4. The molecule has 1 aliphatic rings. The van der Waals surface area contributed by atoms with Gasteiger partial charge >= 0.3 is 5.97 Å². The number of hydrogen-bond donors (Lipinski definition) is 0. The van der Waals surface area contributed by atoms with E-state index in [0.29, 0.717) is 23.5 Å². The Bertz CT molecular complexity index is 1250. The maximum atomic E-state index is 13.4. The van der Waals surface area contributed by atoms with Crippen molar-refractivity contribution < 1.29 is 28.7 Å². The van der Waals surface area contributed by atoms with Crippen molar-refractivity contribution in [1.29, 1.82) is 0 Å². The molecule has 3 aromatic carbocycles. The van der Waals surface area contributed by atoms with Crippen molar-refractivity contribution in [2.24, 2.45) is 0 Å². The molecule has 0 saturated carbocycles. The number of Topliss-reactive ketones (excluding diaryl/α,β-unsaturated/α-hetero) is 1. The standard InChI is InChI=1S/C28H25NO6/c1-3-34-25-14-13-20(18(2)30)16-21(25)17-35-28(33)24(15-19-9-5-4-6-10-19)29-26(31)22-11-7-8-12-23(22)27(29)32/h4-14,16,24H,3,15,17H2,1-2H3/t24-/m1/s1. The molecule has 4 rings (SSSR count). The van der Waals surface area contributed by atoms with E-state index in [2.05, 4.69) is 0 Å². The van der Waals surface area contributed by atoms with Gasteiger partial charge in [0.2, 0.25) is 0 Å². The van der Waals surface area contributed by atoms with Gasteiger partial charge in [-0.2, -0.15) is 0 Å². The third kappa shape index (κ3) is 4.99. The van der Waals surface area contributed by atoms with Crippen molar-refractivity contribution in [2.45, 2.75) is 32.9 Å². The highest BCUT2D eigenvalue weighted by Crippen LogP contribution is 2.27. The molecule has 0 fully saturated rings. The van der Waals surface area contributed by atoms with Crippen LogP contribution in [0.4, 0.5) is 0 Å². The molecule has 178 valence electrons. The van der Waals surface area contributed by atoms with Crippen molar-refractivity contribution in [3.05, 3.63) is 101 Å². The maximum Gasteiger partial charge on any atom is 0.330 e. The number of esters is 1. The number of fused-ring (bicyclic) bond motifs is 1. The Hall–Kier alpha value is -4.26. The van der Waals surface area contributed by atoms with E-state index in [-0.39, 0.29) is 29.9 Å². The quantitative estimate of drug-likeness (QED) is 0.263. The van der Waals surface area contributed by atoms with Gasteiger partial charge in [0.1, 0.15) is 18.4 Å². The summed E-state index contributed by atoms with van der Waals surface area (Å²) in [5.74, 6) is -1.42. The van der Waals surface area contributed by atoms with Crippen LogP contribution in [0.15, 0.2) is 72.8 Å². The molecule has 0 N–H and O–H groups in total. The number of hydrogen-bond acceptors (Lipinski definition) is 6. The zero-order valence-corrected chi connectivity index (χ0v) is 19.5. The number of imide groups is 1. The first-order valence-electron chi connectivity index (χ1n) is 11.3. The highest BCUT2D eigenvalue weighted by Gasteiger charge is 2.43. The van der Waals surface area contributed by atoms with E-state index >= 15 is 0 Å². The molecule has 35 heavy (non-hydrogen) atoms. The summed E-state index contributed by atoms with van der Waals surface area (Å²) in [6.07, 6.45) is 0.108. The van der Waals surface area contributed by atoms with E-state index in [1.807, 2.05) is 37.3 Å². The second-order valence-corrected chi connectivity index (χ2v) is 8.15. The van der Waals surface area contributed by atoms with Gasteiger partial charge < -0.3 is 9.47 Å². The summed E-state index contributed by atoms with van der Waals surface area (Å²) in [7, 11) is 0. The lowest BCUT2D eigenvalue weighted by Crippen LogP contribution is -2.47. The summed E-state index contributed by atoms with van der Waals surface area (Å²) in [4.78, 5) is 52.4. The molecule has 7 heteroatoms. The minimum atomic E-state index is -1.16. The molecule has 0 spiro atoms. The Kier molecular flexibility index (Phi) is 7.06. The average Bonchev–Trinajstić information content (AvgIpc) is 3.12. The van der Waals surface area contributed by atoms with Crippen LogP contribution in [0.25, 0.3) is 0 Å². The number of rotatable bonds is 9. The van der Waals surface area contributed by atoms with Crippen molar-refractivity contribution in [2.75, 3.05) is 6.61 Å². The van der Waals surface area contributed by atoms with E-state index in [0.717, 1.165) is 10.5 Å². The molecule has 0 unspecified atom stereocenters. The first-order chi connectivity index (χ1) is 16.9. The largest absolute Gasteiger partial charge is 0.493 e. The van der Waals surface area contributed by atoms with Crippen LogP contribution < -0.4 is 4.74 Å². The number of carbonyl (C=O) groups is 4. The highest BCUT2D eigenvalue weighted by molar-refractivity contribution is 6.22. The molecule has 3 aromatic rings. The fraction of sp³-hybridized carbons (Fsp3) is 0.214. The number of benzene rings is 3. The van der Waals surface area contributed by atoms with Crippen LogP contribution >= 0.6 is 0 Å². The van der Waals surface area contributed by atoms with Crippen LogP contribution in [0.1, 0.15) is 56.0 Å². The van der Waals surface area contributed by atoms with Gasteiger partial charge in [0.25, 0.3) is 11.8 Å². The highest BCUT2D eigenvalue weighted by atomic mass is 16.5. The van der Waals surface area contributed by atoms with Gasteiger partial charge in [-0.05, 0) is 49.7 Å². The van der Waals surface area contributed by atoms with Crippen LogP contribution in [0.5, 0.6) is 5.75 Å². The summed E-state index contributed by atoms with van der Waals surface area (Å²) in [6.45, 7) is 3.49. The predicted octanol–water partition coefficient (Wildman–Crippen LogP) is 4.24. The second kappa shape index (κ2) is 10.3. The summed E-state index contributed by atoms with van der Waals surface area (Å²) < 4.78 is 11.2. The zero-order valence-electron chi connectivity index (χ0n) is 19.5. The third-order valence-corrected chi connectivity index (χ3v) is 5.82. The molecule has 0 radical (unpaired) electrons. The van der Waals surface area contributed by atoms with E-state index in [1.165, 1.54) is 6.92 Å². The smallest absolute Gasteiger partial charge is 0.330 e. The maximum absolute atomic E-state index is 13.4. The van der Waals surface area contributed by atoms with Crippen LogP contribution in [0.2, 0.25) is 0 Å². The van der Waals surface area contributed by atoms with Gasteiger partial charge in [0, 0.05) is 17.5 Å². The molecule has 7 nitrogen and oxygen atoms in total. The van der Waals surface area contributed by atoms with Crippen LogP contribution in [0, 0.1) is 0 Å². The fourth-order valence-corrected chi connectivity index (χ4v) is 4.06. The lowest BCUT2D eigenvalue weighted by Gasteiger charge is -2.25. The molecular formula is C28H25NO6. The lowest BCUT2D eigenvalue weighted by molar-refractivity contribution is -0.149. The third-order valence-electron chi connectivity index (χ3n) is 5.82. The molecule has 0 saturated heterocycles. The molecule has 0 bridgehead atoms. The summed E-state index contributed by atoms with van der Waals surface area (Å²) in [5, 5.41) is 0. The van der Waals surface area contributed by atoms with Gasteiger partial charge in [-0.25, -0.2) is 4.79 Å². The van der Waals surface area contributed by atoms with E-state index < -0.39 is 23.8 Å². The Morgan fingerprint density at radius 1 is 0.886 bits per heavy atom. The molecule has 1 atom stereocenters. The SMILES string of the molecule is CCOc1ccc(C(C)=O)cc1COC(=O)[C@@H](Cc1ccccc1)N1C(=O)c2ccccc2C1=O. The minimum Gasteiger partial charge on any atom is -0.493 e. The minimum absolute atomic E-state index is 0.108. The lowest BCUT2D eigenvalue weighted by atomic mass is 10.0. The monoisotopic (exact) mass is 471 g/mol. The number of amides is 2. The molecule has 0 aromatic heterocycles. The van der Waals surface area contributed by atoms with Gasteiger partial charge in [0.05, 0.1) is 17.7 Å². The molecule has 2 amide bonds.